The Balaban J connectivity index is 2.06. The second kappa shape index (κ2) is 6.32. The maximum Gasteiger partial charge on any atom is 0.323 e. The molecular formula is C16H21ClFNO2. The Morgan fingerprint density at radius 2 is 2.19 bits per heavy atom. The summed E-state index contributed by atoms with van der Waals surface area (Å²) in [6, 6.07) is 4.11. The third kappa shape index (κ3) is 4.42. The molecule has 0 radical (unpaired) electrons. The number of rotatable bonds is 3. The maximum atomic E-state index is 13.1. The first-order valence-electron chi connectivity index (χ1n) is 7.17. The summed E-state index contributed by atoms with van der Waals surface area (Å²) in [6.07, 6.45) is 1.73. The first kappa shape index (κ1) is 16.2. The van der Waals surface area contributed by atoms with E-state index in [1.54, 1.807) is 6.07 Å². The number of carbonyl (C=O) groups excluding carboxylic acids is 1. The number of likely N-dealkylation sites (tertiary alicyclic amines) is 1. The first-order chi connectivity index (χ1) is 9.76. The van der Waals surface area contributed by atoms with Gasteiger partial charge in [-0.05, 0) is 57.9 Å². The number of nitrogens with zero attached hydrogens (tertiary/aromatic N) is 1. The molecule has 1 aliphatic rings. The van der Waals surface area contributed by atoms with Gasteiger partial charge in [0.25, 0.3) is 0 Å². The van der Waals surface area contributed by atoms with Gasteiger partial charge in [-0.25, -0.2) is 4.39 Å². The number of carbonyl (C=O) groups is 1. The molecule has 0 unspecified atom stereocenters. The minimum absolute atomic E-state index is 0.196. The van der Waals surface area contributed by atoms with Crippen LogP contribution in [0.5, 0.6) is 0 Å². The van der Waals surface area contributed by atoms with Gasteiger partial charge < -0.3 is 4.74 Å². The molecule has 0 aromatic heterocycles. The van der Waals surface area contributed by atoms with Crippen LogP contribution >= 0.6 is 11.6 Å². The molecule has 1 saturated heterocycles. The number of halogens is 2. The fraction of sp³-hybridized carbons (Fsp3) is 0.562. The average Bonchev–Trinajstić information content (AvgIpc) is 2.79. The fourth-order valence-corrected chi connectivity index (χ4v) is 2.75. The highest BCUT2D eigenvalue weighted by Crippen LogP contribution is 2.26. The SMILES string of the molecule is CC(C)(C)OC(=O)[C@H]1CCCN1Cc1ccc(F)cc1Cl. The van der Waals surface area contributed by atoms with E-state index in [0.717, 1.165) is 24.9 Å². The zero-order valence-corrected chi connectivity index (χ0v) is 13.4. The Hall–Kier alpha value is -1.13. The van der Waals surface area contributed by atoms with Gasteiger partial charge in [-0.3, -0.25) is 9.69 Å². The van der Waals surface area contributed by atoms with Crippen LogP contribution in [-0.4, -0.2) is 29.1 Å². The minimum Gasteiger partial charge on any atom is -0.459 e. The van der Waals surface area contributed by atoms with Crippen molar-refractivity contribution in [3.05, 3.63) is 34.6 Å². The molecule has 21 heavy (non-hydrogen) atoms. The molecular weight excluding hydrogens is 293 g/mol. The van der Waals surface area contributed by atoms with Gasteiger partial charge in [0.05, 0.1) is 0 Å². The van der Waals surface area contributed by atoms with Gasteiger partial charge in [-0.15, -0.1) is 0 Å². The van der Waals surface area contributed by atoms with Crippen molar-refractivity contribution in [1.29, 1.82) is 0 Å². The predicted molar refractivity (Wildman–Crippen MR) is 80.7 cm³/mol. The average molecular weight is 314 g/mol. The second-order valence-electron chi connectivity index (χ2n) is 6.40. The molecule has 0 bridgehead atoms. The van der Waals surface area contributed by atoms with Crippen LogP contribution in [0, 0.1) is 5.82 Å². The Labute approximate surface area is 130 Å². The summed E-state index contributed by atoms with van der Waals surface area (Å²) in [6.45, 7) is 6.93. The molecule has 0 amide bonds. The van der Waals surface area contributed by atoms with Crippen LogP contribution in [0.3, 0.4) is 0 Å². The molecule has 5 heteroatoms. The largest absolute Gasteiger partial charge is 0.459 e. The molecule has 1 fully saturated rings. The summed E-state index contributed by atoms with van der Waals surface area (Å²) in [7, 11) is 0. The van der Waals surface area contributed by atoms with Gasteiger partial charge in [-0.1, -0.05) is 17.7 Å². The van der Waals surface area contributed by atoms with Crippen molar-refractivity contribution < 1.29 is 13.9 Å². The van der Waals surface area contributed by atoms with Crippen molar-refractivity contribution in [2.45, 2.75) is 51.8 Å². The molecule has 1 heterocycles. The van der Waals surface area contributed by atoms with Crippen LogP contribution in [0.25, 0.3) is 0 Å². The Bertz CT molecular complexity index is 527. The minimum atomic E-state index is -0.487. The van der Waals surface area contributed by atoms with Gasteiger partial charge >= 0.3 is 5.97 Å². The lowest BCUT2D eigenvalue weighted by atomic mass is 10.1. The van der Waals surface area contributed by atoms with Crippen LogP contribution in [0.4, 0.5) is 4.39 Å². The monoisotopic (exact) mass is 313 g/mol. The van der Waals surface area contributed by atoms with Crippen LogP contribution < -0.4 is 0 Å². The molecule has 0 saturated carbocycles. The second-order valence-corrected chi connectivity index (χ2v) is 6.80. The smallest absolute Gasteiger partial charge is 0.323 e. The Kier molecular flexibility index (Phi) is 4.89. The zero-order chi connectivity index (χ0) is 15.6. The summed E-state index contributed by atoms with van der Waals surface area (Å²) in [5.74, 6) is -0.549. The Morgan fingerprint density at radius 1 is 1.48 bits per heavy atom. The van der Waals surface area contributed by atoms with Crippen molar-refractivity contribution in [2.75, 3.05) is 6.54 Å². The quantitative estimate of drug-likeness (QED) is 0.795. The summed E-state index contributed by atoms with van der Waals surface area (Å²) in [5, 5.41) is 0.393. The van der Waals surface area contributed by atoms with E-state index < -0.39 is 5.60 Å². The lowest BCUT2D eigenvalue weighted by Crippen LogP contribution is -2.40. The highest BCUT2D eigenvalue weighted by atomic mass is 35.5. The molecule has 0 aliphatic carbocycles. The topological polar surface area (TPSA) is 29.5 Å². The van der Waals surface area contributed by atoms with Crippen molar-refractivity contribution >= 4 is 17.6 Å². The van der Waals surface area contributed by atoms with E-state index in [4.69, 9.17) is 16.3 Å². The van der Waals surface area contributed by atoms with Crippen molar-refractivity contribution in [3.63, 3.8) is 0 Å². The molecule has 1 aromatic carbocycles. The highest BCUT2D eigenvalue weighted by molar-refractivity contribution is 6.31. The van der Waals surface area contributed by atoms with Gasteiger partial charge in [0, 0.05) is 11.6 Å². The Morgan fingerprint density at radius 3 is 2.81 bits per heavy atom. The molecule has 0 spiro atoms. The zero-order valence-electron chi connectivity index (χ0n) is 12.7. The third-order valence-electron chi connectivity index (χ3n) is 3.43. The van der Waals surface area contributed by atoms with E-state index in [9.17, 15) is 9.18 Å². The van der Waals surface area contributed by atoms with Crippen LogP contribution in [0.2, 0.25) is 5.02 Å². The highest BCUT2D eigenvalue weighted by Gasteiger charge is 2.34. The van der Waals surface area contributed by atoms with E-state index in [-0.39, 0.29) is 17.8 Å². The number of ether oxygens (including phenoxy) is 1. The molecule has 1 aromatic rings. The predicted octanol–water partition coefficient (Wildman–Crippen LogP) is 3.79. The van der Waals surface area contributed by atoms with E-state index in [0.29, 0.717) is 11.6 Å². The summed E-state index contributed by atoms with van der Waals surface area (Å²) in [4.78, 5) is 14.3. The summed E-state index contributed by atoms with van der Waals surface area (Å²) in [5.41, 5.74) is 0.340. The van der Waals surface area contributed by atoms with Crippen LogP contribution in [-0.2, 0) is 16.1 Å². The van der Waals surface area contributed by atoms with Crippen molar-refractivity contribution in [2.24, 2.45) is 0 Å². The van der Waals surface area contributed by atoms with Crippen LogP contribution in [0.15, 0.2) is 18.2 Å². The van der Waals surface area contributed by atoms with Crippen LogP contribution in [0.1, 0.15) is 39.2 Å². The van der Waals surface area contributed by atoms with E-state index in [2.05, 4.69) is 0 Å². The lowest BCUT2D eigenvalue weighted by molar-refractivity contribution is -0.160. The first-order valence-corrected chi connectivity index (χ1v) is 7.55. The molecule has 1 aliphatic heterocycles. The standard InChI is InChI=1S/C16H21ClFNO2/c1-16(2,3)21-15(20)14-5-4-8-19(14)10-11-6-7-12(18)9-13(11)17/h6-7,9,14H,4-5,8,10H2,1-3H3/t14-/m1/s1. The number of hydrogen-bond donors (Lipinski definition) is 0. The molecule has 116 valence electrons. The van der Waals surface area contributed by atoms with Gasteiger partial charge in [-0.2, -0.15) is 0 Å². The molecule has 3 nitrogen and oxygen atoms in total. The summed E-state index contributed by atoms with van der Waals surface area (Å²) < 4.78 is 18.5. The number of benzene rings is 1. The molecule has 2 rings (SSSR count). The van der Waals surface area contributed by atoms with Gasteiger partial charge in [0.15, 0.2) is 0 Å². The summed E-state index contributed by atoms with van der Waals surface area (Å²) >= 11 is 6.06. The van der Waals surface area contributed by atoms with Crippen molar-refractivity contribution in [3.8, 4) is 0 Å². The lowest BCUT2D eigenvalue weighted by Gasteiger charge is -2.27. The fourth-order valence-electron chi connectivity index (χ4n) is 2.52. The van der Waals surface area contributed by atoms with E-state index >= 15 is 0 Å². The van der Waals surface area contributed by atoms with E-state index in [1.807, 2.05) is 25.7 Å². The molecule has 0 N–H and O–H groups in total. The normalized spacial score (nSPS) is 19.8. The number of esters is 1. The van der Waals surface area contributed by atoms with E-state index in [1.165, 1.54) is 12.1 Å². The molecule has 1 atom stereocenters. The van der Waals surface area contributed by atoms with Gasteiger partial charge in [0.1, 0.15) is 17.5 Å². The number of hydrogen-bond acceptors (Lipinski definition) is 3. The maximum absolute atomic E-state index is 13.1. The third-order valence-corrected chi connectivity index (χ3v) is 3.78. The van der Waals surface area contributed by atoms with Crippen molar-refractivity contribution in [1.82, 2.24) is 4.90 Å². The van der Waals surface area contributed by atoms with Gasteiger partial charge in [0.2, 0.25) is 0 Å².